The number of rotatable bonds is 5. The summed E-state index contributed by atoms with van der Waals surface area (Å²) in [6.07, 6.45) is 5.38. The van der Waals surface area contributed by atoms with E-state index >= 15 is 0 Å². The monoisotopic (exact) mass is 215 g/mol. The highest BCUT2D eigenvalue weighted by Crippen LogP contribution is 2.34. The van der Waals surface area contributed by atoms with Gasteiger partial charge in [0.1, 0.15) is 0 Å². The fourth-order valence-corrected chi connectivity index (χ4v) is 2.25. The van der Waals surface area contributed by atoms with E-state index in [0.717, 1.165) is 12.3 Å². The molecule has 0 unspecified atom stereocenters. The third-order valence-corrected chi connectivity index (χ3v) is 4.06. The summed E-state index contributed by atoms with van der Waals surface area (Å²) in [4.78, 5) is 0. The molecular formula is C11H21NOS. The van der Waals surface area contributed by atoms with Crippen LogP contribution in [0.3, 0.4) is 0 Å². The molecule has 1 N–H and O–H groups in total. The predicted molar refractivity (Wildman–Crippen MR) is 62.4 cm³/mol. The molecule has 3 heteroatoms. The molecule has 0 amide bonds. The van der Waals surface area contributed by atoms with E-state index in [-0.39, 0.29) is 4.75 Å². The van der Waals surface area contributed by atoms with Gasteiger partial charge in [-0.2, -0.15) is 0 Å². The van der Waals surface area contributed by atoms with Crippen LogP contribution in [0, 0.1) is 5.92 Å². The van der Waals surface area contributed by atoms with Crippen molar-refractivity contribution >= 4 is 11.0 Å². The van der Waals surface area contributed by atoms with E-state index in [1.165, 1.54) is 12.8 Å². The van der Waals surface area contributed by atoms with Gasteiger partial charge in [0.2, 0.25) is 0 Å². The smallest absolute Gasteiger partial charge is 0.0972 e. The van der Waals surface area contributed by atoms with Gasteiger partial charge in [-0.05, 0) is 46.0 Å². The molecule has 0 spiro atoms. The van der Waals surface area contributed by atoms with Crippen LogP contribution in [0.5, 0.6) is 0 Å². The molecule has 82 valence electrons. The topological polar surface area (TPSA) is 29.1 Å². The maximum Gasteiger partial charge on any atom is 0.0972 e. The number of hydrogen-bond donors (Lipinski definition) is 1. The third-order valence-electron chi connectivity index (χ3n) is 2.43. The van der Waals surface area contributed by atoms with Crippen molar-refractivity contribution in [1.82, 2.24) is 4.72 Å². The van der Waals surface area contributed by atoms with Gasteiger partial charge in [0, 0.05) is 6.04 Å². The SMILES string of the molecule is C=CC[C@@H](N[S@](=O)C(C)(C)C)C1CC1. The zero-order chi connectivity index (χ0) is 10.8. The average molecular weight is 215 g/mol. The first-order valence-corrected chi connectivity index (χ1v) is 6.39. The lowest BCUT2D eigenvalue weighted by molar-refractivity contribution is 0.538. The first-order valence-electron chi connectivity index (χ1n) is 5.24. The summed E-state index contributed by atoms with van der Waals surface area (Å²) in [6.45, 7) is 9.72. The fourth-order valence-electron chi connectivity index (χ4n) is 1.33. The molecule has 0 aliphatic heterocycles. The summed E-state index contributed by atoms with van der Waals surface area (Å²) in [5.74, 6) is 0.722. The Balaban J connectivity index is 2.46. The fraction of sp³-hybridized carbons (Fsp3) is 0.818. The van der Waals surface area contributed by atoms with Crippen molar-refractivity contribution in [2.75, 3.05) is 0 Å². The zero-order valence-corrected chi connectivity index (χ0v) is 10.2. The zero-order valence-electron chi connectivity index (χ0n) is 9.38. The van der Waals surface area contributed by atoms with Crippen LogP contribution < -0.4 is 4.72 Å². The van der Waals surface area contributed by atoms with E-state index in [1.807, 2.05) is 26.8 Å². The summed E-state index contributed by atoms with van der Waals surface area (Å²) in [7, 11) is -0.947. The lowest BCUT2D eigenvalue weighted by Gasteiger charge is -2.23. The molecule has 14 heavy (non-hydrogen) atoms. The molecule has 2 atom stereocenters. The van der Waals surface area contributed by atoms with Crippen LogP contribution in [0.15, 0.2) is 12.7 Å². The van der Waals surface area contributed by atoms with E-state index in [1.54, 1.807) is 0 Å². The summed E-state index contributed by atoms with van der Waals surface area (Å²) in [6, 6.07) is 0.368. The van der Waals surface area contributed by atoms with Crippen LogP contribution in [0.4, 0.5) is 0 Å². The van der Waals surface area contributed by atoms with E-state index in [9.17, 15) is 4.21 Å². The molecule has 0 bridgehead atoms. The Morgan fingerprint density at radius 3 is 2.50 bits per heavy atom. The second-order valence-electron chi connectivity index (χ2n) is 4.97. The molecule has 0 aromatic heterocycles. The molecule has 1 saturated carbocycles. The van der Waals surface area contributed by atoms with E-state index in [2.05, 4.69) is 11.3 Å². The molecule has 1 aliphatic carbocycles. The van der Waals surface area contributed by atoms with E-state index in [0.29, 0.717) is 6.04 Å². The highest BCUT2D eigenvalue weighted by Gasteiger charge is 2.33. The molecule has 2 nitrogen and oxygen atoms in total. The predicted octanol–water partition coefficient (Wildman–Crippen LogP) is 2.39. The van der Waals surface area contributed by atoms with Crippen LogP contribution in [0.2, 0.25) is 0 Å². The minimum absolute atomic E-state index is 0.172. The van der Waals surface area contributed by atoms with Crippen LogP contribution in [-0.4, -0.2) is 15.0 Å². The Kier molecular flexibility index (Phi) is 3.90. The summed E-state index contributed by atoms with van der Waals surface area (Å²) in [5, 5.41) is 0. The second-order valence-corrected chi connectivity index (χ2v) is 6.97. The largest absolute Gasteiger partial charge is 0.242 e. The van der Waals surface area contributed by atoms with Crippen molar-refractivity contribution in [2.24, 2.45) is 5.92 Å². The molecule has 0 aromatic carbocycles. The highest BCUT2D eigenvalue weighted by atomic mass is 32.2. The Morgan fingerprint density at radius 1 is 1.57 bits per heavy atom. The Bertz CT molecular complexity index is 228. The van der Waals surface area contributed by atoms with Gasteiger partial charge in [-0.25, -0.2) is 8.93 Å². The van der Waals surface area contributed by atoms with Crippen LogP contribution >= 0.6 is 0 Å². The number of nitrogens with one attached hydrogen (secondary N) is 1. The highest BCUT2D eigenvalue weighted by molar-refractivity contribution is 7.84. The van der Waals surface area contributed by atoms with Gasteiger partial charge in [-0.3, -0.25) is 0 Å². The molecule has 0 radical (unpaired) electrons. The standard InChI is InChI=1S/C11H21NOS/c1-5-6-10(9-7-8-9)12-14(13)11(2,3)4/h5,9-10,12H,1,6-8H2,2-4H3/t10-,14-/m1/s1. The van der Waals surface area contributed by atoms with Crippen LogP contribution in [0.1, 0.15) is 40.0 Å². The van der Waals surface area contributed by atoms with Crippen molar-refractivity contribution in [2.45, 2.75) is 50.8 Å². The van der Waals surface area contributed by atoms with Gasteiger partial charge in [-0.15, -0.1) is 6.58 Å². The quantitative estimate of drug-likeness (QED) is 0.701. The minimum atomic E-state index is -0.947. The molecule has 0 saturated heterocycles. The summed E-state index contributed by atoms with van der Waals surface area (Å²) in [5.41, 5.74) is 0. The normalized spacial score (nSPS) is 21.6. The van der Waals surface area contributed by atoms with Gasteiger partial charge < -0.3 is 0 Å². The van der Waals surface area contributed by atoms with Gasteiger partial charge in [0.15, 0.2) is 0 Å². The summed E-state index contributed by atoms with van der Waals surface area (Å²) >= 11 is 0. The van der Waals surface area contributed by atoms with Crippen molar-refractivity contribution in [1.29, 1.82) is 0 Å². The Morgan fingerprint density at radius 2 is 2.14 bits per heavy atom. The molecule has 1 aliphatic rings. The van der Waals surface area contributed by atoms with Crippen molar-refractivity contribution in [3.05, 3.63) is 12.7 Å². The third kappa shape index (κ3) is 3.54. The summed E-state index contributed by atoms with van der Waals surface area (Å²) < 4.78 is 14.9. The second kappa shape index (κ2) is 4.58. The molecule has 0 aromatic rings. The molecule has 1 fully saturated rings. The van der Waals surface area contributed by atoms with Crippen molar-refractivity contribution < 1.29 is 4.21 Å². The number of hydrogen-bond acceptors (Lipinski definition) is 1. The maximum absolute atomic E-state index is 11.8. The lowest BCUT2D eigenvalue weighted by Crippen LogP contribution is -2.40. The van der Waals surface area contributed by atoms with Gasteiger partial charge in [0.25, 0.3) is 0 Å². The van der Waals surface area contributed by atoms with Crippen molar-refractivity contribution in [3.63, 3.8) is 0 Å². The van der Waals surface area contributed by atoms with Crippen molar-refractivity contribution in [3.8, 4) is 0 Å². The first kappa shape index (κ1) is 11.9. The first-order chi connectivity index (χ1) is 6.45. The average Bonchev–Trinajstić information content (AvgIpc) is 2.83. The Hall–Kier alpha value is -0.150. The minimum Gasteiger partial charge on any atom is -0.242 e. The molecule has 0 heterocycles. The Labute approximate surface area is 89.8 Å². The lowest BCUT2D eigenvalue weighted by atomic mass is 10.1. The van der Waals surface area contributed by atoms with E-state index in [4.69, 9.17) is 0 Å². The molecule has 1 rings (SSSR count). The van der Waals surface area contributed by atoms with Gasteiger partial charge in [0.05, 0.1) is 15.7 Å². The maximum atomic E-state index is 11.8. The van der Waals surface area contributed by atoms with Crippen LogP contribution in [0.25, 0.3) is 0 Å². The van der Waals surface area contributed by atoms with Crippen LogP contribution in [-0.2, 0) is 11.0 Å². The van der Waals surface area contributed by atoms with Gasteiger partial charge in [-0.1, -0.05) is 6.08 Å². The van der Waals surface area contributed by atoms with Gasteiger partial charge >= 0.3 is 0 Å². The van der Waals surface area contributed by atoms with E-state index < -0.39 is 11.0 Å². The molecular weight excluding hydrogens is 194 g/mol.